The average molecular weight is 472 g/mol. The first kappa shape index (κ1) is 24.9. The van der Waals surface area contributed by atoms with Crippen molar-refractivity contribution in [2.24, 2.45) is 0 Å². The van der Waals surface area contributed by atoms with Crippen LogP contribution in [0.2, 0.25) is 0 Å². The molecule has 35 heavy (non-hydrogen) atoms. The summed E-state index contributed by atoms with van der Waals surface area (Å²) in [7, 11) is 3.03. The number of carbonyl (C=O) groups is 2. The Balaban J connectivity index is 1.61. The van der Waals surface area contributed by atoms with Gasteiger partial charge in [0.25, 0.3) is 11.8 Å². The summed E-state index contributed by atoms with van der Waals surface area (Å²) in [4.78, 5) is 24.7. The number of methoxy groups -OCH3 is 2. The largest absolute Gasteiger partial charge is 0.497 e. The van der Waals surface area contributed by atoms with Crippen LogP contribution in [-0.4, -0.2) is 32.6 Å². The predicted molar refractivity (Wildman–Crippen MR) is 132 cm³/mol. The highest BCUT2D eigenvalue weighted by Gasteiger charge is 2.12. The van der Waals surface area contributed by atoms with Crippen LogP contribution in [0.1, 0.15) is 11.1 Å². The second kappa shape index (κ2) is 12.5. The van der Waals surface area contributed by atoms with Crippen molar-refractivity contribution < 1.29 is 23.8 Å². The first-order chi connectivity index (χ1) is 17.0. The molecular weight excluding hydrogens is 446 g/mol. The van der Waals surface area contributed by atoms with Gasteiger partial charge in [0.2, 0.25) is 0 Å². The first-order valence-corrected chi connectivity index (χ1v) is 10.7. The minimum atomic E-state index is -0.481. The van der Waals surface area contributed by atoms with E-state index in [1.165, 1.54) is 13.2 Å². The molecule has 0 spiro atoms. The quantitative estimate of drug-likeness (QED) is 0.342. The summed E-state index contributed by atoms with van der Waals surface area (Å²) in [6.45, 7) is 0.0797. The van der Waals surface area contributed by atoms with Crippen LogP contribution in [0.15, 0.2) is 78.4 Å². The van der Waals surface area contributed by atoms with Gasteiger partial charge in [-0.25, -0.2) is 0 Å². The third-order valence-electron chi connectivity index (χ3n) is 4.89. The van der Waals surface area contributed by atoms with Crippen molar-refractivity contribution in [3.8, 4) is 23.3 Å². The lowest BCUT2D eigenvalue weighted by Crippen LogP contribution is -2.23. The lowest BCUT2D eigenvalue weighted by atomic mass is 10.1. The number of rotatable bonds is 10. The maximum atomic E-state index is 12.4. The van der Waals surface area contributed by atoms with Crippen LogP contribution >= 0.6 is 0 Å². The zero-order chi connectivity index (χ0) is 25.0. The Labute approximate surface area is 203 Å². The van der Waals surface area contributed by atoms with Crippen LogP contribution in [0.5, 0.6) is 17.2 Å². The molecule has 178 valence electrons. The molecule has 2 N–H and O–H groups in total. The molecule has 0 bridgehead atoms. The minimum Gasteiger partial charge on any atom is -0.497 e. The number of ether oxygens (including phenoxy) is 3. The molecule has 8 heteroatoms. The number of hydrogen-bond acceptors (Lipinski definition) is 6. The Hall–Kier alpha value is -4.77. The van der Waals surface area contributed by atoms with Gasteiger partial charge in [0, 0.05) is 12.2 Å². The Morgan fingerprint density at radius 1 is 0.943 bits per heavy atom. The molecule has 0 atom stereocenters. The van der Waals surface area contributed by atoms with Crippen LogP contribution in [0, 0.1) is 11.3 Å². The van der Waals surface area contributed by atoms with Gasteiger partial charge in [0.15, 0.2) is 18.1 Å². The predicted octanol–water partition coefficient (Wildman–Crippen LogP) is 3.94. The van der Waals surface area contributed by atoms with Crippen molar-refractivity contribution >= 4 is 23.6 Å². The molecule has 0 aromatic heterocycles. The average Bonchev–Trinajstić information content (AvgIpc) is 2.90. The van der Waals surface area contributed by atoms with E-state index in [1.807, 2.05) is 36.4 Å². The molecule has 0 aliphatic carbocycles. The van der Waals surface area contributed by atoms with E-state index >= 15 is 0 Å². The minimum absolute atomic E-state index is 0.0458. The van der Waals surface area contributed by atoms with Crippen molar-refractivity contribution in [3.63, 3.8) is 0 Å². The molecular formula is C27H25N3O5. The second-order valence-corrected chi connectivity index (χ2v) is 7.31. The summed E-state index contributed by atoms with van der Waals surface area (Å²) in [6.07, 6.45) is 1.46. The fourth-order valence-electron chi connectivity index (χ4n) is 3.10. The maximum Gasteiger partial charge on any atom is 0.262 e. The van der Waals surface area contributed by atoms with Crippen molar-refractivity contribution in [1.82, 2.24) is 5.32 Å². The standard InChI is InChI=1S/C27H25N3O5/c1-33-23-11-9-22(10-12-23)30-26(31)18-35-24-13-8-20(15-25(24)34-2)14-21(16-28)27(32)29-17-19-6-4-3-5-7-19/h3-15H,17-18H2,1-2H3,(H,29,32)(H,30,31)/b21-14+. The van der Waals surface area contributed by atoms with E-state index in [9.17, 15) is 14.9 Å². The van der Waals surface area contributed by atoms with E-state index in [4.69, 9.17) is 14.2 Å². The SMILES string of the molecule is COc1ccc(NC(=O)COc2ccc(/C=C(\C#N)C(=O)NCc3ccccc3)cc2OC)cc1. The number of carbonyl (C=O) groups excluding carboxylic acids is 2. The maximum absolute atomic E-state index is 12.4. The summed E-state index contributed by atoms with van der Waals surface area (Å²) >= 11 is 0. The monoisotopic (exact) mass is 471 g/mol. The molecule has 0 aliphatic heterocycles. The molecule has 0 saturated carbocycles. The molecule has 0 heterocycles. The Morgan fingerprint density at radius 2 is 1.69 bits per heavy atom. The van der Waals surface area contributed by atoms with Gasteiger partial charge in [-0.2, -0.15) is 5.26 Å². The summed E-state index contributed by atoms with van der Waals surface area (Å²) in [5, 5.41) is 14.9. The third-order valence-corrected chi connectivity index (χ3v) is 4.89. The van der Waals surface area contributed by atoms with Crippen molar-refractivity contribution in [1.29, 1.82) is 5.26 Å². The summed E-state index contributed by atoms with van der Waals surface area (Å²) in [6, 6.07) is 23.2. The number of hydrogen-bond donors (Lipinski definition) is 2. The zero-order valence-corrected chi connectivity index (χ0v) is 19.4. The first-order valence-electron chi connectivity index (χ1n) is 10.7. The molecule has 8 nitrogen and oxygen atoms in total. The number of anilines is 1. The molecule has 3 aromatic rings. The van der Waals surface area contributed by atoms with E-state index in [0.717, 1.165) is 5.56 Å². The molecule has 0 radical (unpaired) electrons. The van der Waals surface area contributed by atoms with Crippen LogP contribution in [0.3, 0.4) is 0 Å². The van der Waals surface area contributed by atoms with Gasteiger partial charge >= 0.3 is 0 Å². The fraction of sp³-hybridized carbons (Fsp3) is 0.148. The summed E-state index contributed by atoms with van der Waals surface area (Å²) in [5.41, 5.74) is 2.07. The van der Waals surface area contributed by atoms with Gasteiger partial charge < -0.3 is 24.8 Å². The van der Waals surface area contributed by atoms with Crippen LogP contribution in [0.4, 0.5) is 5.69 Å². The summed E-state index contributed by atoms with van der Waals surface area (Å²) in [5.74, 6) is 0.569. The lowest BCUT2D eigenvalue weighted by molar-refractivity contribution is -0.118. The molecule has 0 unspecified atom stereocenters. The molecule has 0 saturated heterocycles. The van der Waals surface area contributed by atoms with Gasteiger partial charge in [0.05, 0.1) is 14.2 Å². The second-order valence-electron chi connectivity index (χ2n) is 7.31. The van der Waals surface area contributed by atoms with Crippen molar-refractivity contribution in [2.45, 2.75) is 6.54 Å². The van der Waals surface area contributed by atoms with Crippen LogP contribution in [-0.2, 0) is 16.1 Å². The van der Waals surface area contributed by atoms with Gasteiger partial charge in [-0.05, 0) is 53.6 Å². The lowest BCUT2D eigenvalue weighted by Gasteiger charge is -2.12. The molecule has 2 amide bonds. The number of nitriles is 1. The van der Waals surface area contributed by atoms with Crippen molar-refractivity contribution in [3.05, 3.63) is 89.5 Å². The smallest absolute Gasteiger partial charge is 0.262 e. The van der Waals surface area contributed by atoms with Crippen LogP contribution < -0.4 is 24.8 Å². The highest BCUT2D eigenvalue weighted by atomic mass is 16.5. The van der Waals surface area contributed by atoms with E-state index in [1.54, 1.807) is 49.6 Å². The van der Waals surface area contributed by atoms with Gasteiger partial charge in [0.1, 0.15) is 17.4 Å². The highest BCUT2D eigenvalue weighted by molar-refractivity contribution is 6.01. The topological polar surface area (TPSA) is 110 Å². The van der Waals surface area contributed by atoms with Gasteiger partial charge in [-0.15, -0.1) is 0 Å². The normalized spacial score (nSPS) is 10.6. The fourth-order valence-corrected chi connectivity index (χ4v) is 3.10. The number of benzene rings is 3. The van der Waals surface area contributed by atoms with Crippen LogP contribution in [0.25, 0.3) is 6.08 Å². The Kier molecular flexibility index (Phi) is 8.85. The number of nitrogens with zero attached hydrogens (tertiary/aromatic N) is 1. The zero-order valence-electron chi connectivity index (χ0n) is 19.4. The van der Waals surface area contributed by atoms with Crippen molar-refractivity contribution in [2.75, 3.05) is 26.1 Å². The Morgan fingerprint density at radius 3 is 2.34 bits per heavy atom. The van der Waals surface area contributed by atoms with E-state index in [2.05, 4.69) is 10.6 Å². The number of nitrogens with one attached hydrogen (secondary N) is 2. The van der Waals surface area contributed by atoms with E-state index in [0.29, 0.717) is 35.0 Å². The Bertz CT molecular complexity index is 1230. The molecule has 0 aliphatic rings. The molecule has 3 rings (SSSR count). The van der Waals surface area contributed by atoms with E-state index in [-0.39, 0.29) is 18.1 Å². The van der Waals surface area contributed by atoms with Gasteiger partial charge in [-0.3, -0.25) is 9.59 Å². The molecule has 0 fully saturated rings. The van der Waals surface area contributed by atoms with Gasteiger partial charge in [-0.1, -0.05) is 36.4 Å². The van der Waals surface area contributed by atoms with E-state index < -0.39 is 5.91 Å². The third kappa shape index (κ3) is 7.37. The molecule has 3 aromatic carbocycles. The highest BCUT2D eigenvalue weighted by Crippen LogP contribution is 2.29. The number of amides is 2. The summed E-state index contributed by atoms with van der Waals surface area (Å²) < 4.78 is 16.1.